The van der Waals surface area contributed by atoms with Crippen molar-refractivity contribution in [1.82, 2.24) is 5.32 Å². The summed E-state index contributed by atoms with van der Waals surface area (Å²) in [5, 5.41) is 3.10. The Hall–Kier alpha value is -0.860. The molecule has 1 aliphatic carbocycles. The number of hydrogen-bond acceptors (Lipinski definition) is 4. The number of thioether (sulfide) groups is 1. The van der Waals surface area contributed by atoms with Crippen LogP contribution in [0.25, 0.3) is 0 Å². The first kappa shape index (κ1) is 15.5. The molecule has 0 heterocycles. The number of benzene rings is 1. The number of anilines is 1. The van der Waals surface area contributed by atoms with E-state index in [2.05, 4.69) is 10.0 Å². The fourth-order valence-electron chi connectivity index (χ4n) is 1.65. The molecular formula is C12H16F2N2O2S2. The second-order valence-corrected chi connectivity index (χ2v) is 7.40. The largest absolute Gasteiger partial charge is 0.313 e. The quantitative estimate of drug-likeness (QED) is 0.722. The van der Waals surface area contributed by atoms with Crippen LogP contribution in [0.2, 0.25) is 0 Å². The van der Waals surface area contributed by atoms with Crippen LogP contribution in [0.3, 0.4) is 0 Å². The molecule has 2 N–H and O–H groups in total. The fraction of sp³-hybridized carbons (Fsp3) is 0.500. The van der Waals surface area contributed by atoms with Crippen LogP contribution in [-0.4, -0.2) is 32.5 Å². The third kappa shape index (κ3) is 5.26. The van der Waals surface area contributed by atoms with Crippen LogP contribution in [0, 0.1) is 0 Å². The first-order chi connectivity index (χ1) is 9.46. The van der Waals surface area contributed by atoms with E-state index >= 15 is 0 Å². The van der Waals surface area contributed by atoms with Crippen molar-refractivity contribution in [1.29, 1.82) is 0 Å². The fourth-order valence-corrected chi connectivity index (χ4v) is 3.31. The van der Waals surface area contributed by atoms with Crippen LogP contribution < -0.4 is 10.0 Å². The number of alkyl halides is 2. The van der Waals surface area contributed by atoms with E-state index in [0.717, 1.165) is 12.8 Å². The lowest BCUT2D eigenvalue weighted by Crippen LogP contribution is -2.28. The maximum absolute atomic E-state index is 12.4. The molecule has 0 spiro atoms. The Bertz CT molecular complexity index is 548. The van der Waals surface area contributed by atoms with Crippen molar-refractivity contribution in [3.05, 3.63) is 24.3 Å². The normalized spacial score (nSPS) is 15.6. The zero-order valence-electron chi connectivity index (χ0n) is 10.7. The lowest BCUT2D eigenvalue weighted by molar-refractivity contribution is 0.252. The second kappa shape index (κ2) is 6.73. The van der Waals surface area contributed by atoms with Gasteiger partial charge in [0, 0.05) is 17.5 Å². The van der Waals surface area contributed by atoms with Crippen LogP contribution in [-0.2, 0) is 10.0 Å². The van der Waals surface area contributed by atoms with Gasteiger partial charge >= 0.3 is 0 Å². The molecule has 0 bridgehead atoms. The summed E-state index contributed by atoms with van der Waals surface area (Å²) in [6.07, 6.45) is 2.17. The monoisotopic (exact) mass is 322 g/mol. The first-order valence-corrected chi connectivity index (χ1v) is 8.77. The molecule has 0 aliphatic heterocycles. The van der Waals surface area contributed by atoms with Crippen LogP contribution >= 0.6 is 11.8 Å². The number of para-hydroxylation sites is 1. The summed E-state index contributed by atoms with van der Waals surface area (Å²) >= 11 is 0.329. The summed E-state index contributed by atoms with van der Waals surface area (Å²) in [4.78, 5) is 0.223. The molecule has 1 saturated carbocycles. The SMILES string of the molecule is O=S(=O)(CCNC1CC1)Nc1ccccc1SC(F)F. The Balaban J connectivity index is 1.96. The van der Waals surface area contributed by atoms with Gasteiger partial charge in [0.2, 0.25) is 10.0 Å². The van der Waals surface area contributed by atoms with Gasteiger partial charge in [0.05, 0.1) is 11.4 Å². The Morgan fingerprint density at radius 3 is 2.65 bits per heavy atom. The third-order valence-electron chi connectivity index (χ3n) is 2.75. The molecule has 2 rings (SSSR count). The minimum absolute atomic E-state index is 0.0722. The summed E-state index contributed by atoms with van der Waals surface area (Å²) in [5.41, 5.74) is 0.198. The Labute approximate surface area is 121 Å². The van der Waals surface area contributed by atoms with Gasteiger partial charge in [0.15, 0.2) is 0 Å². The van der Waals surface area contributed by atoms with E-state index in [1.807, 2.05) is 0 Å². The number of hydrogen-bond donors (Lipinski definition) is 2. The minimum Gasteiger partial charge on any atom is -0.313 e. The molecule has 0 atom stereocenters. The molecule has 1 fully saturated rings. The van der Waals surface area contributed by atoms with Crippen LogP contribution in [0.4, 0.5) is 14.5 Å². The van der Waals surface area contributed by atoms with Gasteiger partial charge in [0.1, 0.15) is 0 Å². The molecule has 0 unspecified atom stereocenters. The van der Waals surface area contributed by atoms with Gasteiger partial charge in [-0.2, -0.15) is 8.78 Å². The molecular weight excluding hydrogens is 306 g/mol. The molecule has 0 amide bonds. The van der Waals surface area contributed by atoms with E-state index < -0.39 is 15.8 Å². The van der Waals surface area contributed by atoms with Gasteiger partial charge in [-0.25, -0.2) is 8.42 Å². The lowest BCUT2D eigenvalue weighted by Gasteiger charge is -2.12. The van der Waals surface area contributed by atoms with E-state index in [1.54, 1.807) is 12.1 Å². The topological polar surface area (TPSA) is 58.2 Å². The molecule has 0 aromatic heterocycles. The van der Waals surface area contributed by atoms with Crippen molar-refractivity contribution in [2.24, 2.45) is 0 Å². The van der Waals surface area contributed by atoms with Gasteiger partial charge in [-0.1, -0.05) is 23.9 Å². The van der Waals surface area contributed by atoms with E-state index in [1.165, 1.54) is 12.1 Å². The average molecular weight is 322 g/mol. The van der Waals surface area contributed by atoms with E-state index in [-0.39, 0.29) is 16.3 Å². The molecule has 20 heavy (non-hydrogen) atoms. The second-order valence-electron chi connectivity index (χ2n) is 4.52. The average Bonchev–Trinajstić information content (AvgIpc) is 3.14. The van der Waals surface area contributed by atoms with Gasteiger partial charge in [0.25, 0.3) is 5.76 Å². The van der Waals surface area contributed by atoms with Crippen LogP contribution in [0.15, 0.2) is 29.2 Å². The first-order valence-electron chi connectivity index (χ1n) is 6.24. The summed E-state index contributed by atoms with van der Waals surface area (Å²) in [6.45, 7) is 0.365. The Morgan fingerprint density at radius 2 is 2.00 bits per heavy atom. The number of rotatable bonds is 8. The van der Waals surface area contributed by atoms with Crippen LogP contribution in [0.5, 0.6) is 0 Å². The maximum atomic E-state index is 12.4. The molecule has 4 nitrogen and oxygen atoms in total. The summed E-state index contributed by atoms with van der Waals surface area (Å²) in [7, 11) is -3.53. The Morgan fingerprint density at radius 1 is 1.30 bits per heavy atom. The van der Waals surface area contributed by atoms with Gasteiger partial charge < -0.3 is 5.32 Å². The minimum atomic E-state index is -3.53. The highest BCUT2D eigenvalue weighted by Gasteiger charge is 2.21. The van der Waals surface area contributed by atoms with Gasteiger partial charge in [-0.15, -0.1) is 0 Å². The number of halogens is 2. The predicted octanol–water partition coefficient (Wildman–Crippen LogP) is 2.50. The smallest absolute Gasteiger partial charge is 0.288 e. The predicted molar refractivity (Wildman–Crippen MR) is 76.7 cm³/mol. The lowest BCUT2D eigenvalue weighted by atomic mass is 10.3. The molecule has 0 radical (unpaired) electrons. The van der Waals surface area contributed by atoms with Crippen LogP contribution in [0.1, 0.15) is 12.8 Å². The molecule has 1 aromatic rings. The summed E-state index contributed by atoms with van der Waals surface area (Å²) in [5.74, 6) is -2.66. The van der Waals surface area contributed by atoms with E-state index in [0.29, 0.717) is 24.3 Å². The molecule has 1 aliphatic rings. The number of sulfonamides is 1. The zero-order valence-corrected chi connectivity index (χ0v) is 12.3. The molecule has 8 heteroatoms. The zero-order chi connectivity index (χ0) is 14.6. The summed E-state index contributed by atoms with van der Waals surface area (Å²) in [6, 6.07) is 6.59. The highest BCUT2D eigenvalue weighted by atomic mass is 32.2. The van der Waals surface area contributed by atoms with Crippen molar-refractivity contribution >= 4 is 27.5 Å². The van der Waals surface area contributed by atoms with E-state index in [4.69, 9.17) is 0 Å². The molecule has 0 saturated heterocycles. The third-order valence-corrected chi connectivity index (χ3v) is 4.81. The Kier molecular flexibility index (Phi) is 5.22. The van der Waals surface area contributed by atoms with E-state index in [9.17, 15) is 17.2 Å². The van der Waals surface area contributed by atoms with Crippen molar-refractivity contribution in [3.63, 3.8) is 0 Å². The number of nitrogens with one attached hydrogen (secondary N) is 2. The molecule has 112 valence electrons. The van der Waals surface area contributed by atoms with Crippen molar-refractivity contribution < 1.29 is 17.2 Å². The molecule has 1 aromatic carbocycles. The van der Waals surface area contributed by atoms with Gasteiger partial charge in [-0.3, -0.25) is 4.72 Å². The summed E-state index contributed by atoms with van der Waals surface area (Å²) < 4.78 is 51.0. The highest BCUT2D eigenvalue weighted by Crippen LogP contribution is 2.32. The van der Waals surface area contributed by atoms with Crippen molar-refractivity contribution in [2.45, 2.75) is 29.5 Å². The van der Waals surface area contributed by atoms with Crippen molar-refractivity contribution in [2.75, 3.05) is 17.0 Å². The van der Waals surface area contributed by atoms with Crippen molar-refractivity contribution in [3.8, 4) is 0 Å². The van der Waals surface area contributed by atoms with Gasteiger partial charge in [-0.05, 0) is 25.0 Å². The highest BCUT2D eigenvalue weighted by molar-refractivity contribution is 7.99. The maximum Gasteiger partial charge on any atom is 0.288 e. The standard InChI is InChI=1S/C12H16F2N2O2S2/c13-12(14)19-11-4-2-1-3-10(11)16-20(17,18)8-7-15-9-5-6-9/h1-4,9,12,15-16H,5-8H2.